The number of aryl methyl sites for hydroxylation is 2. The standard InChI is InChI=1S/C23H30N2O5S/c1-29-22-11-10-21(31(27,28)25-14-16-30-17-15-25)18-20(22)9-12-23(26)24-13-5-8-19-6-3-2-4-7-19/h2-4,6-7,10-11,18H,5,8-9,12-17H2,1H3,(H,24,26). The van der Waals surface area contributed by atoms with E-state index in [1.54, 1.807) is 25.3 Å². The second-order valence-electron chi connectivity index (χ2n) is 7.43. The van der Waals surface area contributed by atoms with Crippen molar-refractivity contribution in [1.29, 1.82) is 0 Å². The average Bonchev–Trinajstić information content (AvgIpc) is 2.81. The van der Waals surface area contributed by atoms with Gasteiger partial charge in [0.1, 0.15) is 5.75 Å². The second-order valence-corrected chi connectivity index (χ2v) is 9.37. The number of carbonyl (C=O) groups excluding carboxylic acids is 1. The zero-order valence-corrected chi connectivity index (χ0v) is 18.7. The Labute approximate surface area is 184 Å². The Balaban J connectivity index is 1.55. The monoisotopic (exact) mass is 446 g/mol. The Kier molecular flexibility index (Phi) is 8.45. The third kappa shape index (κ3) is 6.53. The van der Waals surface area contributed by atoms with Gasteiger partial charge in [0.05, 0.1) is 25.2 Å². The predicted octanol–water partition coefficient (Wildman–Crippen LogP) is 2.40. The first-order chi connectivity index (χ1) is 15.0. The van der Waals surface area contributed by atoms with Crippen LogP contribution in [-0.2, 0) is 32.4 Å². The van der Waals surface area contributed by atoms with Gasteiger partial charge in [-0.25, -0.2) is 8.42 Å². The zero-order chi connectivity index (χ0) is 22.1. The topological polar surface area (TPSA) is 84.9 Å². The Hall–Kier alpha value is -2.42. The van der Waals surface area contributed by atoms with E-state index >= 15 is 0 Å². The SMILES string of the molecule is COc1ccc(S(=O)(=O)N2CCOCC2)cc1CCC(=O)NCCCc1ccccc1. The fraction of sp³-hybridized carbons (Fsp3) is 0.435. The number of nitrogens with one attached hydrogen (secondary N) is 1. The summed E-state index contributed by atoms with van der Waals surface area (Å²) in [5.41, 5.74) is 1.95. The molecule has 2 aromatic carbocycles. The molecule has 0 aromatic heterocycles. The van der Waals surface area contributed by atoms with E-state index in [0.29, 0.717) is 50.6 Å². The minimum Gasteiger partial charge on any atom is -0.496 e. The molecule has 1 N–H and O–H groups in total. The van der Waals surface area contributed by atoms with Crippen LogP contribution in [0.15, 0.2) is 53.4 Å². The highest BCUT2D eigenvalue weighted by Gasteiger charge is 2.27. The van der Waals surface area contributed by atoms with Crippen molar-refractivity contribution in [3.8, 4) is 5.75 Å². The number of hydrogen-bond acceptors (Lipinski definition) is 5. The molecule has 2 aromatic rings. The van der Waals surface area contributed by atoms with Crippen LogP contribution in [0.25, 0.3) is 0 Å². The molecule has 0 bridgehead atoms. The number of amides is 1. The van der Waals surface area contributed by atoms with Crippen molar-refractivity contribution >= 4 is 15.9 Å². The lowest BCUT2D eigenvalue weighted by molar-refractivity contribution is -0.121. The number of methoxy groups -OCH3 is 1. The molecule has 1 saturated heterocycles. The number of ether oxygens (including phenoxy) is 2. The fourth-order valence-electron chi connectivity index (χ4n) is 3.55. The Bertz CT molecular complexity index is 957. The van der Waals surface area contributed by atoms with Crippen molar-refractivity contribution in [3.05, 3.63) is 59.7 Å². The van der Waals surface area contributed by atoms with Crippen LogP contribution < -0.4 is 10.1 Å². The van der Waals surface area contributed by atoms with Crippen LogP contribution >= 0.6 is 0 Å². The summed E-state index contributed by atoms with van der Waals surface area (Å²) in [6, 6.07) is 15.0. The molecule has 1 heterocycles. The van der Waals surface area contributed by atoms with Crippen molar-refractivity contribution in [2.24, 2.45) is 0 Å². The quantitative estimate of drug-likeness (QED) is 0.567. The molecule has 1 fully saturated rings. The molecule has 1 aliphatic rings. The molecule has 3 rings (SSSR count). The summed E-state index contributed by atoms with van der Waals surface area (Å²) in [4.78, 5) is 12.5. The summed E-state index contributed by atoms with van der Waals surface area (Å²) in [6.45, 7) is 2.08. The minimum absolute atomic E-state index is 0.0587. The van der Waals surface area contributed by atoms with Crippen LogP contribution in [0.1, 0.15) is 24.0 Å². The molecule has 7 nitrogen and oxygen atoms in total. The molecule has 1 aliphatic heterocycles. The summed E-state index contributed by atoms with van der Waals surface area (Å²) >= 11 is 0. The summed E-state index contributed by atoms with van der Waals surface area (Å²) in [7, 11) is -2.05. The fourth-order valence-corrected chi connectivity index (χ4v) is 5.01. The number of hydrogen-bond donors (Lipinski definition) is 1. The van der Waals surface area contributed by atoms with Crippen LogP contribution in [0.4, 0.5) is 0 Å². The molecule has 0 aliphatic carbocycles. The molecule has 0 unspecified atom stereocenters. The van der Waals surface area contributed by atoms with Gasteiger partial charge in [0.2, 0.25) is 15.9 Å². The maximum Gasteiger partial charge on any atom is 0.243 e. The highest BCUT2D eigenvalue weighted by Crippen LogP contribution is 2.26. The summed E-state index contributed by atoms with van der Waals surface area (Å²) < 4.78 is 37.9. The third-order valence-corrected chi connectivity index (χ3v) is 7.18. The van der Waals surface area contributed by atoms with Gasteiger partial charge in [0.15, 0.2) is 0 Å². The molecule has 31 heavy (non-hydrogen) atoms. The molecule has 0 atom stereocenters. The number of morpholine rings is 1. The smallest absolute Gasteiger partial charge is 0.243 e. The molecule has 0 radical (unpaired) electrons. The van der Waals surface area contributed by atoms with Crippen LogP contribution in [-0.4, -0.2) is 58.6 Å². The van der Waals surface area contributed by atoms with E-state index < -0.39 is 10.0 Å². The summed E-state index contributed by atoms with van der Waals surface area (Å²) in [5.74, 6) is 0.523. The second kappa shape index (κ2) is 11.3. The highest BCUT2D eigenvalue weighted by atomic mass is 32.2. The van der Waals surface area contributed by atoms with E-state index in [0.717, 1.165) is 12.8 Å². The molecule has 1 amide bonds. The first kappa shape index (κ1) is 23.2. The van der Waals surface area contributed by atoms with Crippen LogP contribution in [0.5, 0.6) is 5.75 Å². The van der Waals surface area contributed by atoms with Gasteiger partial charge in [0, 0.05) is 26.1 Å². The van der Waals surface area contributed by atoms with Gasteiger partial charge in [-0.05, 0) is 48.6 Å². The lowest BCUT2D eigenvalue weighted by atomic mass is 10.1. The van der Waals surface area contributed by atoms with Gasteiger partial charge >= 0.3 is 0 Å². The summed E-state index contributed by atoms with van der Waals surface area (Å²) in [6.07, 6.45) is 2.45. The third-order valence-electron chi connectivity index (χ3n) is 5.29. The van der Waals surface area contributed by atoms with Crippen molar-refractivity contribution in [2.75, 3.05) is 40.0 Å². The van der Waals surface area contributed by atoms with E-state index in [9.17, 15) is 13.2 Å². The Morgan fingerprint density at radius 1 is 1.10 bits per heavy atom. The van der Waals surface area contributed by atoms with Gasteiger partial charge in [-0.1, -0.05) is 30.3 Å². The number of nitrogens with zero attached hydrogens (tertiary/aromatic N) is 1. The van der Waals surface area contributed by atoms with Crippen molar-refractivity contribution in [1.82, 2.24) is 9.62 Å². The van der Waals surface area contributed by atoms with E-state index in [1.165, 1.54) is 9.87 Å². The van der Waals surface area contributed by atoms with Gasteiger partial charge in [-0.15, -0.1) is 0 Å². The highest BCUT2D eigenvalue weighted by molar-refractivity contribution is 7.89. The van der Waals surface area contributed by atoms with E-state index in [2.05, 4.69) is 17.4 Å². The number of benzene rings is 2. The average molecular weight is 447 g/mol. The van der Waals surface area contributed by atoms with Crippen molar-refractivity contribution in [2.45, 2.75) is 30.6 Å². The van der Waals surface area contributed by atoms with E-state index in [4.69, 9.17) is 9.47 Å². The molecular weight excluding hydrogens is 416 g/mol. The minimum atomic E-state index is -3.59. The van der Waals surface area contributed by atoms with Gasteiger partial charge < -0.3 is 14.8 Å². The van der Waals surface area contributed by atoms with Crippen molar-refractivity contribution < 1.29 is 22.7 Å². The Morgan fingerprint density at radius 3 is 2.55 bits per heavy atom. The Morgan fingerprint density at radius 2 is 1.84 bits per heavy atom. The number of rotatable bonds is 10. The normalized spacial score (nSPS) is 14.9. The molecule has 0 spiro atoms. The van der Waals surface area contributed by atoms with Crippen LogP contribution in [0.3, 0.4) is 0 Å². The molecule has 168 valence electrons. The predicted molar refractivity (Wildman–Crippen MR) is 119 cm³/mol. The van der Waals surface area contributed by atoms with E-state index in [1.807, 2.05) is 18.2 Å². The number of carbonyl (C=O) groups is 1. The zero-order valence-electron chi connectivity index (χ0n) is 17.9. The largest absolute Gasteiger partial charge is 0.496 e. The first-order valence-corrected chi connectivity index (χ1v) is 12.0. The van der Waals surface area contributed by atoms with Gasteiger partial charge in [0.25, 0.3) is 0 Å². The van der Waals surface area contributed by atoms with Crippen LogP contribution in [0, 0.1) is 0 Å². The van der Waals surface area contributed by atoms with E-state index in [-0.39, 0.29) is 17.2 Å². The first-order valence-electron chi connectivity index (χ1n) is 10.6. The maximum atomic E-state index is 12.9. The lowest BCUT2D eigenvalue weighted by Crippen LogP contribution is -2.40. The van der Waals surface area contributed by atoms with Crippen LogP contribution in [0.2, 0.25) is 0 Å². The molecule has 8 heteroatoms. The summed E-state index contributed by atoms with van der Waals surface area (Å²) in [5, 5.41) is 2.94. The lowest BCUT2D eigenvalue weighted by Gasteiger charge is -2.26. The molecular formula is C23H30N2O5S. The molecule has 0 saturated carbocycles. The van der Waals surface area contributed by atoms with Gasteiger partial charge in [-0.3, -0.25) is 4.79 Å². The van der Waals surface area contributed by atoms with Crippen molar-refractivity contribution in [3.63, 3.8) is 0 Å². The van der Waals surface area contributed by atoms with Gasteiger partial charge in [-0.2, -0.15) is 4.31 Å². The maximum absolute atomic E-state index is 12.9. The number of sulfonamides is 1.